The summed E-state index contributed by atoms with van der Waals surface area (Å²) < 4.78 is 0. The van der Waals surface area contributed by atoms with Crippen molar-refractivity contribution in [2.24, 2.45) is 0 Å². The molecule has 0 aliphatic heterocycles. The maximum absolute atomic E-state index is 5.97. The lowest BCUT2D eigenvalue weighted by Gasteiger charge is -2.04. The quantitative estimate of drug-likeness (QED) is 0.739. The van der Waals surface area contributed by atoms with E-state index in [0.29, 0.717) is 22.9 Å². The zero-order valence-electron chi connectivity index (χ0n) is 9.39. The lowest BCUT2D eigenvalue weighted by atomic mass is 10.1. The van der Waals surface area contributed by atoms with Gasteiger partial charge in [0, 0.05) is 5.02 Å². The number of hydrogen-bond donors (Lipinski definition) is 2. The Morgan fingerprint density at radius 2 is 2.17 bits per heavy atom. The van der Waals surface area contributed by atoms with Crippen LogP contribution in [0.2, 0.25) is 5.02 Å². The predicted octanol–water partition coefficient (Wildman–Crippen LogP) is 2.18. The molecule has 0 radical (unpaired) electrons. The summed E-state index contributed by atoms with van der Waals surface area (Å²) in [6, 6.07) is 9.50. The van der Waals surface area contributed by atoms with E-state index in [1.54, 1.807) is 0 Å². The second-order valence-electron chi connectivity index (χ2n) is 4.02. The maximum Gasteiger partial charge on any atom is 0.178 e. The van der Waals surface area contributed by atoms with Crippen LogP contribution in [0.15, 0.2) is 30.3 Å². The van der Waals surface area contributed by atoms with E-state index in [9.17, 15) is 0 Å². The molecule has 90 valence electrons. The number of rotatable bonds is 2. The van der Waals surface area contributed by atoms with Gasteiger partial charge in [0.15, 0.2) is 5.65 Å². The summed E-state index contributed by atoms with van der Waals surface area (Å²) in [7, 11) is 0. The molecule has 0 saturated heterocycles. The molecule has 1 aromatic carbocycles. The van der Waals surface area contributed by atoms with Crippen molar-refractivity contribution in [3.63, 3.8) is 0 Å². The van der Waals surface area contributed by atoms with Crippen molar-refractivity contribution >= 4 is 28.6 Å². The average molecular weight is 260 g/mol. The Kier molecular flexibility index (Phi) is 2.60. The van der Waals surface area contributed by atoms with Crippen LogP contribution in [0.1, 0.15) is 11.1 Å². The third kappa shape index (κ3) is 2.00. The molecule has 0 amide bonds. The fourth-order valence-corrected chi connectivity index (χ4v) is 2.14. The van der Waals surface area contributed by atoms with Gasteiger partial charge in [-0.15, -0.1) is 5.10 Å². The molecular weight excluding hydrogens is 250 g/mol. The van der Waals surface area contributed by atoms with E-state index < -0.39 is 0 Å². The minimum Gasteiger partial charge on any atom is -0.384 e. The Balaban J connectivity index is 2.06. The minimum absolute atomic E-state index is 0.450. The van der Waals surface area contributed by atoms with E-state index in [1.165, 1.54) is 0 Å². The van der Waals surface area contributed by atoms with E-state index in [4.69, 9.17) is 17.3 Å². The van der Waals surface area contributed by atoms with Gasteiger partial charge in [0.1, 0.15) is 11.3 Å². The van der Waals surface area contributed by atoms with Crippen LogP contribution in [0.4, 0.5) is 5.82 Å². The first kappa shape index (κ1) is 11.0. The molecule has 3 aromatic rings. The smallest absolute Gasteiger partial charge is 0.178 e. The molecule has 2 aromatic heterocycles. The Hall–Kier alpha value is -2.14. The summed E-state index contributed by atoms with van der Waals surface area (Å²) in [5.74, 6) is 0.450. The molecule has 0 atom stereocenters. The molecule has 0 spiro atoms. The highest BCUT2D eigenvalue weighted by molar-refractivity contribution is 6.30. The number of anilines is 1. The Bertz CT molecular complexity index is 707. The van der Waals surface area contributed by atoms with E-state index in [-0.39, 0.29) is 0 Å². The SMILES string of the molecule is Nc1cc(Cc2cccc(Cl)c2)c2nn[nH]c2n1. The van der Waals surface area contributed by atoms with Crippen LogP contribution >= 0.6 is 11.6 Å². The van der Waals surface area contributed by atoms with Crippen LogP contribution in [0.25, 0.3) is 11.2 Å². The number of aromatic nitrogens is 4. The number of hydrogen-bond acceptors (Lipinski definition) is 4. The first-order chi connectivity index (χ1) is 8.72. The van der Waals surface area contributed by atoms with E-state index >= 15 is 0 Å². The monoisotopic (exact) mass is 259 g/mol. The van der Waals surface area contributed by atoms with Crippen molar-refractivity contribution in [3.8, 4) is 0 Å². The normalized spacial score (nSPS) is 10.9. The summed E-state index contributed by atoms with van der Waals surface area (Å²) in [6.45, 7) is 0. The number of benzene rings is 1. The molecule has 0 aliphatic rings. The van der Waals surface area contributed by atoms with Crippen LogP contribution in [0.3, 0.4) is 0 Å². The molecular formula is C12H10ClN5. The van der Waals surface area contributed by atoms with Crippen molar-refractivity contribution in [1.29, 1.82) is 0 Å². The zero-order valence-corrected chi connectivity index (χ0v) is 10.1. The molecule has 0 bridgehead atoms. The molecule has 2 heterocycles. The van der Waals surface area contributed by atoms with Crippen LogP contribution in [0.5, 0.6) is 0 Å². The highest BCUT2D eigenvalue weighted by Gasteiger charge is 2.08. The fraction of sp³-hybridized carbons (Fsp3) is 0.0833. The van der Waals surface area contributed by atoms with Crippen LogP contribution in [-0.4, -0.2) is 20.4 Å². The lowest BCUT2D eigenvalue weighted by molar-refractivity contribution is 0.953. The summed E-state index contributed by atoms with van der Waals surface area (Å²) in [5, 5.41) is 11.2. The number of aromatic amines is 1. The van der Waals surface area contributed by atoms with Gasteiger partial charge < -0.3 is 5.73 Å². The highest BCUT2D eigenvalue weighted by atomic mass is 35.5. The van der Waals surface area contributed by atoms with Gasteiger partial charge in [-0.3, -0.25) is 0 Å². The van der Waals surface area contributed by atoms with Gasteiger partial charge in [0.05, 0.1) is 0 Å². The van der Waals surface area contributed by atoms with Crippen LogP contribution in [0, 0.1) is 0 Å². The van der Waals surface area contributed by atoms with Crippen molar-refractivity contribution in [2.45, 2.75) is 6.42 Å². The second-order valence-corrected chi connectivity index (χ2v) is 4.46. The molecule has 5 nitrogen and oxygen atoms in total. The molecule has 0 unspecified atom stereocenters. The Morgan fingerprint density at radius 1 is 1.28 bits per heavy atom. The number of nitrogens with two attached hydrogens (primary N) is 1. The van der Waals surface area contributed by atoms with Gasteiger partial charge in [-0.2, -0.15) is 0 Å². The van der Waals surface area contributed by atoms with Gasteiger partial charge >= 0.3 is 0 Å². The van der Waals surface area contributed by atoms with E-state index in [1.807, 2.05) is 30.3 Å². The Morgan fingerprint density at radius 3 is 3.00 bits per heavy atom. The van der Waals surface area contributed by atoms with Crippen molar-refractivity contribution in [1.82, 2.24) is 20.4 Å². The summed E-state index contributed by atoms with van der Waals surface area (Å²) >= 11 is 5.97. The number of nitrogens with one attached hydrogen (secondary N) is 1. The van der Waals surface area contributed by atoms with Crippen molar-refractivity contribution in [3.05, 3.63) is 46.5 Å². The maximum atomic E-state index is 5.97. The van der Waals surface area contributed by atoms with E-state index in [2.05, 4.69) is 20.4 Å². The van der Waals surface area contributed by atoms with E-state index in [0.717, 1.165) is 16.6 Å². The number of halogens is 1. The number of pyridine rings is 1. The lowest BCUT2D eigenvalue weighted by Crippen LogP contribution is -1.96. The Labute approximate surface area is 108 Å². The minimum atomic E-state index is 0.450. The van der Waals surface area contributed by atoms with Gasteiger partial charge in [0.25, 0.3) is 0 Å². The van der Waals surface area contributed by atoms with Crippen molar-refractivity contribution < 1.29 is 0 Å². The van der Waals surface area contributed by atoms with Gasteiger partial charge in [-0.25, -0.2) is 10.1 Å². The second kappa shape index (κ2) is 4.27. The summed E-state index contributed by atoms with van der Waals surface area (Å²) in [4.78, 5) is 4.13. The zero-order chi connectivity index (χ0) is 12.5. The van der Waals surface area contributed by atoms with Gasteiger partial charge in [-0.05, 0) is 35.7 Å². The van der Waals surface area contributed by atoms with Gasteiger partial charge in [-0.1, -0.05) is 28.9 Å². The topological polar surface area (TPSA) is 80.5 Å². The van der Waals surface area contributed by atoms with Crippen LogP contribution in [-0.2, 0) is 6.42 Å². The largest absolute Gasteiger partial charge is 0.384 e. The standard InChI is InChI=1S/C12H10ClN5/c13-9-3-1-2-7(5-9)4-8-6-10(14)15-12-11(8)16-18-17-12/h1-3,5-6H,4H2,(H3,14,15,16,17,18). The number of H-pyrrole nitrogens is 1. The molecule has 3 N–H and O–H groups in total. The van der Waals surface area contributed by atoms with Crippen molar-refractivity contribution in [2.75, 3.05) is 5.73 Å². The highest BCUT2D eigenvalue weighted by Crippen LogP contribution is 2.20. The molecule has 6 heteroatoms. The fourth-order valence-electron chi connectivity index (χ4n) is 1.93. The first-order valence-corrected chi connectivity index (χ1v) is 5.81. The predicted molar refractivity (Wildman–Crippen MR) is 70.4 cm³/mol. The molecule has 0 saturated carbocycles. The molecule has 0 fully saturated rings. The third-order valence-electron chi connectivity index (χ3n) is 2.68. The van der Waals surface area contributed by atoms with Crippen LogP contribution < -0.4 is 5.73 Å². The summed E-state index contributed by atoms with van der Waals surface area (Å²) in [5.41, 5.74) is 9.17. The molecule has 0 aliphatic carbocycles. The number of nitrogen functional groups attached to an aromatic ring is 1. The first-order valence-electron chi connectivity index (χ1n) is 5.43. The molecule has 3 rings (SSSR count). The van der Waals surface area contributed by atoms with Gasteiger partial charge in [0.2, 0.25) is 0 Å². The third-order valence-corrected chi connectivity index (χ3v) is 2.92. The number of fused-ring (bicyclic) bond motifs is 1. The summed E-state index contributed by atoms with van der Waals surface area (Å²) in [6.07, 6.45) is 0.691. The average Bonchev–Trinajstić information content (AvgIpc) is 2.77. The number of nitrogens with zero attached hydrogens (tertiary/aromatic N) is 3. The molecule has 18 heavy (non-hydrogen) atoms.